The molecule has 0 saturated heterocycles. The SMILES string of the molecule is Cc1ccccc1NC(=O)c1cnn2c1NC1=C(C(=O)CCC1)C2c1ccc(C(=O)O)cc1. The van der Waals surface area contributed by atoms with Gasteiger partial charge < -0.3 is 15.7 Å². The minimum Gasteiger partial charge on any atom is -0.478 e. The Balaban J connectivity index is 1.57. The first-order valence-electron chi connectivity index (χ1n) is 10.7. The fourth-order valence-electron chi connectivity index (χ4n) is 4.44. The van der Waals surface area contributed by atoms with Gasteiger partial charge in [0.05, 0.1) is 11.8 Å². The number of benzene rings is 2. The number of fused-ring (bicyclic) bond motifs is 1. The molecule has 1 aromatic heterocycles. The molecule has 1 aliphatic heterocycles. The van der Waals surface area contributed by atoms with Gasteiger partial charge in [0.1, 0.15) is 17.4 Å². The van der Waals surface area contributed by atoms with Gasteiger partial charge >= 0.3 is 5.97 Å². The summed E-state index contributed by atoms with van der Waals surface area (Å²) in [5, 5.41) is 19.9. The quantitative estimate of drug-likeness (QED) is 0.559. The van der Waals surface area contributed by atoms with Crippen molar-refractivity contribution in [1.82, 2.24) is 9.78 Å². The number of nitrogens with zero attached hydrogens (tertiary/aromatic N) is 2. The Morgan fingerprint density at radius 1 is 1.12 bits per heavy atom. The van der Waals surface area contributed by atoms with Gasteiger partial charge in [-0.25, -0.2) is 9.48 Å². The Labute approximate surface area is 189 Å². The van der Waals surface area contributed by atoms with Gasteiger partial charge in [0, 0.05) is 23.4 Å². The summed E-state index contributed by atoms with van der Waals surface area (Å²) in [6.45, 7) is 1.92. The summed E-state index contributed by atoms with van der Waals surface area (Å²) in [4.78, 5) is 37.3. The number of carboxylic acid groups (broad SMARTS) is 1. The highest BCUT2D eigenvalue weighted by Crippen LogP contribution is 2.41. The second-order valence-corrected chi connectivity index (χ2v) is 8.24. The average Bonchev–Trinajstić information content (AvgIpc) is 3.23. The van der Waals surface area contributed by atoms with Crippen LogP contribution in [0.2, 0.25) is 0 Å². The third-order valence-corrected chi connectivity index (χ3v) is 6.15. The van der Waals surface area contributed by atoms with Crippen LogP contribution < -0.4 is 10.6 Å². The molecule has 1 aliphatic carbocycles. The molecule has 1 amide bonds. The third kappa shape index (κ3) is 3.59. The van der Waals surface area contributed by atoms with Crippen molar-refractivity contribution in [2.24, 2.45) is 0 Å². The van der Waals surface area contributed by atoms with Gasteiger partial charge in [-0.1, -0.05) is 30.3 Å². The van der Waals surface area contributed by atoms with Gasteiger partial charge in [0.15, 0.2) is 5.78 Å². The molecule has 0 fully saturated rings. The molecule has 2 heterocycles. The fraction of sp³-hybridized carbons (Fsp3) is 0.200. The van der Waals surface area contributed by atoms with E-state index < -0.39 is 12.0 Å². The first-order chi connectivity index (χ1) is 15.9. The summed E-state index contributed by atoms with van der Waals surface area (Å²) in [5.41, 5.74) is 4.33. The number of rotatable bonds is 4. The van der Waals surface area contributed by atoms with Crippen molar-refractivity contribution < 1.29 is 19.5 Å². The second-order valence-electron chi connectivity index (χ2n) is 8.24. The zero-order valence-corrected chi connectivity index (χ0v) is 18.0. The van der Waals surface area contributed by atoms with Gasteiger partial charge in [-0.3, -0.25) is 9.59 Å². The molecule has 0 spiro atoms. The summed E-state index contributed by atoms with van der Waals surface area (Å²) < 4.78 is 1.64. The number of anilines is 2. The number of allylic oxidation sites excluding steroid dienone is 2. The highest BCUT2D eigenvalue weighted by atomic mass is 16.4. The lowest BCUT2D eigenvalue weighted by Gasteiger charge is -2.33. The number of para-hydroxylation sites is 1. The smallest absolute Gasteiger partial charge is 0.335 e. The number of carbonyl (C=O) groups is 3. The van der Waals surface area contributed by atoms with Crippen LogP contribution in [0.3, 0.4) is 0 Å². The van der Waals surface area contributed by atoms with Crippen LogP contribution in [0, 0.1) is 6.92 Å². The number of carbonyl (C=O) groups excluding carboxylic acids is 2. The van der Waals surface area contributed by atoms with Crippen LogP contribution >= 0.6 is 0 Å². The first-order valence-corrected chi connectivity index (χ1v) is 10.7. The maximum Gasteiger partial charge on any atom is 0.335 e. The summed E-state index contributed by atoms with van der Waals surface area (Å²) in [5.74, 6) is -0.773. The lowest BCUT2D eigenvalue weighted by atomic mass is 9.85. The second kappa shape index (κ2) is 8.05. The van der Waals surface area contributed by atoms with Crippen LogP contribution in [-0.4, -0.2) is 32.5 Å². The molecule has 3 aromatic rings. The number of carboxylic acids is 1. The van der Waals surface area contributed by atoms with Crippen LogP contribution in [0.4, 0.5) is 11.5 Å². The Hall–Kier alpha value is -4.20. The summed E-state index contributed by atoms with van der Waals surface area (Å²) in [7, 11) is 0. The number of aryl methyl sites for hydroxylation is 1. The molecule has 1 unspecified atom stereocenters. The van der Waals surface area contributed by atoms with Gasteiger partial charge in [-0.15, -0.1) is 0 Å². The largest absolute Gasteiger partial charge is 0.478 e. The van der Waals surface area contributed by atoms with E-state index in [2.05, 4.69) is 15.7 Å². The Bertz CT molecular complexity index is 1320. The monoisotopic (exact) mass is 442 g/mol. The molecule has 8 heteroatoms. The van der Waals surface area contributed by atoms with Crippen LogP contribution in [0.1, 0.15) is 57.1 Å². The van der Waals surface area contributed by atoms with E-state index in [1.54, 1.807) is 16.8 Å². The van der Waals surface area contributed by atoms with E-state index in [0.29, 0.717) is 35.5 Å². The molecule has 2 aliphatic rings. The highest BCUT2D eigenvalue weighted by Gasteiger charge is 2.37. The van der Waals surface area contributed by atoms with Crippen LogP contribution in [-0.2, 0) is 4.79 Å². The molecule has 3 N–H and O–H groups in total. The van der Waals surface area contributed by atoms with Crippen molar-refractivity contribution in [3.8, 4) is 0 Å². The van der Waals surface area contributed by atoms with E-state index in [0.717, 1.165) is 23.2 Å². The van der Waals surface area contributed by atoms with E-state index in [1.165, 1.54) is 18.3 Å². The molecule has 33 heavy (non-hydrogen) atoms. The molecule has 5 rings (SSSR count). The molecule has 0 radical (unpaired) electrons. The van der Waals surface area contributed by atoms with E-state index >= 15 is 0 Å². The number of Topliss-reactive ketones (excluding diaryl/α,β-unsaturated/α-hetero) is 1. The molecule has 0 bridgehead atoms. The number of aromatic carboxylic acids is 1. The Morgan fingerprint density at radius 3 is 2.61 bits per heavy atom. The predicted octanol–water partition coefficient (Wildman–Crippen LogP) is 4.16. The van der Waals surface area contributed by atoms with Crippen LogP contribution in [0.5, 0.6) is 0 Å². The topological polar surface area (TPSA) is 113 Å². The van der Waals surface area contributed by atoms with Crippen molar-refractivity contribution in [3.05, 3.63) is 88.3 Å². The standard InChI is InChI=1S/C25H22N4O4/c1-14-5-2-3-6-18(14)28-24(31)17-13-26-29-22(15-9-11-16(12-10-15)25(32)33)21-19(27-23(17)29)7-4-8-20(21)30/h2-3,5-6,9-13,22,27H,4,7-8H2,1H3,(H,28,31)(H,32,33). The number of hydrogen-bond acceptors (Lipinski definition) is 5. The fourth-order valence-corrected chi connectivity index (χ4v) is 4.44. The number of amides is 1. The van der Waals surface area contributed by atoms with E-state index in [1.807, 2.05) is 31.2 Å². The van der Waals surface area contributed by atoms with Crippen LogP contribution in [0.25, 0.3) is 0 Å². The maximum atomic E-state index is 13.1. The van der Waals surface area contributed by atoms with E-state index in [-0.39, 0.29) is 17.3 Å². The normalized spacial score (nSPS) is 17.1. The molecule has 2 aromatic carbocycles. The van der Waals surface area contributed by atoms with Gasteiger partial charge in [0.2, 0.25) is 0 Å². The first kappa shape index (κ1) is 20.7. The zero-order chi connectivity index (χ0) is 23.1. The molecule has 166 valence electrons. The Kier molecular flexibility index (Phi) is 5.05. The van der Waals surface area contributed by atoms with Crippen LogP contribution in [0.15, 0.2) is 66.0 Å². The van der Waals surface area contributed by atoms with E-state index in [9.17, 15) is 19.5 Å². The van der Waals surface area contributed by atoms with Crippen molar-refractivity contribution in [2.75, 3.05) is 10.6 Å². The minimum atomic E-state index is -1.02. The van der Waals surface area contributed by atoms with Gasteiger partial charge in [0.25, 0.3) is 5.91 Å². The highest BCUT2D eigenvalue weighted by molar-refractivity contribution is 6.08. The molecular formula is C25H22N4O4. The Morgan fingerprint density at radius 2 is 1.88 bits per heavy atom. The molecule has 0 saturated carbocycles. The zero-order valence-electron chi connectivity index (χ0n) is 18.0. The summed E-state index contributed by atoms with van der Waals surface area (Å²) in [6.07, 6.45) is 3.36. The number of hydrogen-bond donors (Lipinski definition) is 3. The number of ketones is 1. The van der Waals surface area contributed by atoms with Crippen molar-refractivity contribution in [3.63, 3.8) is 0 Å². The lowest BCUT2D eigenvalue weighted by molar-refractivity contribution is -0.116. The molecule has 1 atom stereocenters. The minimum absolute atomic E-state index is 0.0307. The van der Waals surface area contributed by atoms with Crippen molar-refractivity contribution in [1.29, 1.82) is 0 Å². The van der Waals surface area contributed by atoms with Crippen molar-refractivity contribution >= 4 is 29.2 Å². The predicted molar refractivity (Wildman–Crippen MR) is 122 cm³/mol. The van der Waals surface area contributed by atoms with Crippen molar-refractivity contribution in [2.45, 2.75) is 32.2 Å². The summed E-state index contributed by atoms with van der Waals surface area (Å²) in [6, 6.07) is 13.4. The maximum absolute atomic E-state index is 13.1. The van der Waals surface area contributed by atoms with Gasteiger partial charge in [-0.2, -0.15) is 5.10 Å². The summed E-state index contributed by atoms with van der Waals surface area (Å²) >= 11 is 0. The third-order valence-electron chi connectivity index (χ3n) is 6.15. The average molecular weight is 442 g/mol. The number of nitrogens with one attached hydrogen (secondary N) is 2. The van der Waals surface area contributed by atoms with Gasteiger partial charge in [-0.05, 0) is 49.1 Å². The molecule has 8 nitrogen and oxygen atoms in total. The van der Waals surface area contributed by atoms with E-state index in [4.69, 9.17) is 0 Å². The molecular weight excluding hydrogens is 420 g/mol. The number of aromatic nitrogens is 2. The lowest BCUT2D eigenvalue weighted by Crippen LogP contribution is -2.32.